The van der Waals surface area contributed by atoms with Gasteiger partial charge in [-0.2, -0.15) is 0 Å². The van der Waals surface area contributed by atoms with Crippen LogP contribution in [0.15, 0.2) is 109 Å². The molecule has 0 saturated carbocycles. The predicted molar refractivity (Wildman–Crippen MR) is 166 cm³/mol. The van der Waals surface area contributed by atoms with Crippen LogP contribution in [-0.4, -0.2) is 42.1 Å². The van der Waals surface area contributed by atoms with Crippen LogP contribution < -0.4 is 20.1 Å². The van der Waals surface area contributed by atoms with E-state index >= 15 is 0 Å². The lowest BCUT2D eigenvalue weighted by Crippen LogP contribution is -2.30. The van der Waals surface area contributed by atoms with Crippen LogP contribution in [0, 0.1) is 0 Å². The molecule has 0 aliphatic heterocycles. The monoisotopic (exact) mass is 580 g/mol. The maximum absolute atomic E-state index is 12.5. The van der Waals surface area contributed by atoms with Gasteiger partial charge in [0.25, 0.3) is 0 Å². The van der Waals surface area contributed by atoms with Crippen molar-refractivity contribution in [1.82, 2.24) is 5.32 Å². The van der Waals surface area contributed by atoms with E-state index in [1.54, 1.807) is 48.5 Å². The summed E-state index contributed by atoms with van der Waals surface area (Å²) in [6.07, 6.45) is 2.70. The maximum atomic E-state index is 12.5. The van der Waals surface area contributed by atoms with Crippen molar-refractivity contribution < 1.29 is 29.0 Å². The number of aryl methyl sites for hydroxylation is 2. The number of carboxylic acids is 1. The van der Waals surface area contributed by atoms with Gasteiger partial charge in [0.1, 0.15) is 11.8 Å². The van der Waals surface area contributed by atoms with Crippen molar-refractivity contribution in [3.8, 4) is 11.5 Å². The Morgan fingerprint density at radius 2 is 1.40 bits per heavy atom. The largest absolute Gasteiger partial charge is 0.494 e. The molecule has 0 saturated heterocycles. The molecule has 4 rings (SSSR count). The van der Waals surface area contributed by atoms with Gasteiger partial charge in [-0.15, -0.1) is 0 Å². The summed E-state index contributed by atoms with van der Waals surface area (Å²) in [6.45, 7) is 1.02. The molecule has 222 valence electrons. The van der Waals surface area contributed by atoms with Crippen molar-refractivity contribution in [2.75, 3.05) is 18.5 Å². The van der Waals surface area contributed by atoms with E-state index in [1.807, 2.05) is 60.7 Å². The number of carboxylic acid groups (broad SMARTS) is 1. The molecule has 0 spiro atoms. The van der Waals surface area contributed by atoms with Crippen molar-refractivity contribution in [2.24, 2.45) is 0 Å². The van der Waals surface area contributed by atoms with E-state index < -0.39 is 18.0 Å². The molecule has 8 nitrogen and oxygen atoms in total. The summed E-state index contributed by atoms with van der Waals surface area (Å²) in [6, 6.07) is 32.0. The van der Waals surface area contributed by atoms with Crippen molar-refractivity contribution in [1.29, 1.82) is 0 Å². The van der Waals surface area contributed by atoms with Gasteiger partial charge in [0, 0.05) is 13.0 Å². The van der Waals surface area contributed by atoms with Gasteiger partial charge in [-0.05, 0) is 73.2 Å². The Hall–Kier alpha value is -5.11. The van der Waals surface area contributed by atoms with Crippen molar-refractivity contribution in [2.45, 2.75) is 38.1 Å². The van der Waals surface area contributed by atoms with E-state index in [4.69, 9.17) is 9.47 Å². The minimum atomic E-state index is -1.00. The Kier molecular flexibility index (Phi) is 11.7. The van der Waals surface area contributed by atoms with Gasteiger partial charge in [0.05, 0.1) is 17.9 Å². The van der Waals surface area contributed by atoms with Gasteiger partial charge in [-0.1, -0.05) is 72.8 Å². The highest BCUT2D eigenvalue weighted by Crippen LogP contribution is 2.26. The normalized spacial score (nSPS) is 11.3. The van der Waals surface area contributed by atoms with E-state index in [1.165, 1.54) is 0 Å². The van der Waals surface area contributed by atoms with Crippen molar-refractivity contribution in [3.63, 3.8) is 0 Å². The summed E-state index contributed by atoms with van der Waals surface area (Å²) >= 11 is 0. The lowest BCUT2D eigenvalue weighted by atomic mass is 10.0. The minimum Gasteiger partial charge on any atom is -0.494 e. The third kappa shape index (κ3) is 10.3. The van der Waals surface area contributed by atoms with E-state index in [9.17, 15) is 19.5 Å². The fraction of sp³-hybridized carbons (Fsp3) is 0.229. The molecule has 1 amide bonds. The van der Waals surface area contributed by atoms with Gasteiger partial charge in [0.15, 0.2) is 5.75 Å². The molecule has 0 fully saturated rings. The number of hydrogen-bond acceptors (Lipinski definition) is 6. The zero-order chi connectivity index (χ0) is 30.3. The number of amides is 1. The molecule has 0 bridgehead atoms. The second-order valence-corrected chi connectivity index (χ2v) is 10.0. The highest BCUT2D eigenvalue weighted by Gasteiger charge is 2.20. The summed E-state index contributed by atoms with van der Waals surface area (Å²) in [5.41, 5.74) is 2.94. The number of ether oxygens (including phenoxy) is 2. The fourth-order valence-corrected chi connectivity index (χ4v) is 4.40. The van der Waals surface area contributed by atoms with Gasteiger partial charge in [0.2, 0.25) is 5.91 Å². The second kappa shape index (κ2) is 16.4. The molecule has 4 aromatic carbocycles. The fourth-order valence-electron chi connectivity index (χ4n) is 4.40. The SMILES string of the molecule is O=C(CCc1ccccc1)NCCCOc1ccc(CCC(Nc2ccccc2OC(=O)c2ccccc2)C(=O)O)cc1. The topological polar surface area (TPSA) is 114 Å². The quantitative estimate of drug-likeness (QED) is 0.0856. The highest BCUT2D eigenvalue weighted by molar-refractivity contribution is 5.92. The average molecular weight is 581 g/mol. The van der Waals surface area contributed by atoms with Crippen LogP contribution in [0.1, 0.15) is 40.7 Å². The Bertz CT molecular complexity index is 1460. The lowest BCUT2D eigenvalue weighted by molar-refractivity contribution is -0.138. The molecule has 1 atom stereocenters. The molecule has 0 heterocycles. The lowest BCUT2D eigenvalue weighted by Gasteiger charge is -2.18. The Labute approximate surface area is 251 Å². The van der Waals surface area contributed by atoms with Gasteiger partial charge in [-0.3, -0.25) is 4.79 Å². The zero-order valence-electron chi connectivity index (χ0n) is 23.9. The number of benzene rings is 4. The Morgan fingerprint density at radius 1 is 0.744 bits per heavy atom. The van der Waals surface area contributed by atoms with Gasteiger partial charge < -0.3 is 25.2 Å². The molecule has 4 aromatic rings. The van der Waals surface area contributed by atoms with E-state index in [-0.39, 0.29) is 11.7 Å². The van der Waals surface area contributed by atoms with Crippen molar-refractivity contribution in [3.05, 3.63) is 126 Å². The van der Waals surface area contributed by atoms with Crippen LogP contribution in [-0.2, 0) is 22.4 Å². The summed E-state index contributed by atoms with van der Waals surface area (Å²) < 4.78 is 11.3. The minimum absolute atomic E-state index is 0.0269. The molecule has 3 N–H and O–H groups in total. The van der Waals surface area contributed by atoms with E-state index in [2.05, 4.69) is 10.6 Å². The number of nitrogens with one attached hydrogen (secondary N) is 2. The zero-order valence-corrected chi connectivity index (χ0v) is 23.9. The highest BCUT2D eigenvalue weighted by atomic mass is 16.5. The first kappa shape index (κ1) is 30.8. The third-order valence-electron chi connectivity index (χ3n) is 6.77. The predicted octanol–water partition coefficient (Wildman–Crippen LogP) is 5.92. The van der Waals surface area contributed by atoms with Gasteiger partial charge >= 0.3 is 11.9 Å². The summed E-state index contributed by atoms with van der Waals surface area (Å²) in [4.78, 5) is 36.6. The molecule has 0 radical (unpaired) electrons. The van der Waals surface area contributed by atoms with Crippen LogP contribution in [0.4, 0.5) is 5.69 Å². The third-order valence-corrected chi connectivity index (χ3v) is 6.77. The van der Waals surface area contributed by atoms with Crippen LogP contribution in [0.25, 0.3) is 0 Å². The van der Waals surface area contributed by atoms with Crippen LogP contribution >= 0.6 is 0 Å². The average Bonchev–Trinajstić information content (AvgIpc) is 3.04. The summed E-state index contributed by atoms with van der Waals surface area (Å²) in [7, 11) is 0. The van der Waals surface area contributed by atoms with Crippen molar-refractivity contribution >= 4 is 23.5 Å². The first-order valence-corrected chi connectivity index (χ1v) is 14.4. The molecule has 0 aliphatic carbocycles. The summed E-state index contributed by atoms with van der Waals surface area (Å²) in [5.74, 6) is -0.528. The van der Waals surface area contributed by atoms with Crippen LogP contribution in [0.3, 0.4) is 0 Å². The molecule has 0 aromatic heterocycles. The molecule has 1 unspecified atom stereocenters. The number of anilines is 1. The first-order valence-electron chi connectivity index (χ1n) is 14.4. The van der Waals surface area contributed by atoms with E-state index in [0.29, 0.717) is 55.8 Å². The summed E-state index contributed by atoms with van der Waals surface area (Å²) in [5, 5.41) is 15.8. The molecular weight excluding hydrogens is 544 g/mol. The molecule has 0 aliphatic rings. The number of hydrogen-bond donors (Lipinski definition) is 3. The maximum Gasteiger partial charge on any atom is 0.343 e. The second-order valence-electron chi connectivity index (χ2n) is 10.0. The first-order chi connectivity index (χ1) is 21.0. The molecule has 8 heteroatoms. The standard InChI is InChI=1S/C35H36N2O6/c38-33(23-19-26-10-3-1-4-11-26)36-24-9-25-42-29-20-16-27(17-21-29)18-22-31(34(39)40)37-30-14-7-8-15-32(30)43-35(41)28-12-5-2-6-13-28/h1-8,10-17,20-21,31,37H,9,18-19,22-25H2,(H,36,38)(H,39,40). The Morgan fingerprint density at radius 3 is 2.12 bits per heavy atom. The number of para-hydroxylation sites is 2. The van der Waals surface area contributed by atoms with E-state index in [0.717, 1.165) is 17.5 Å². The smallest absolute Gasteiger partial charge is 0.343 e. The van der Waals surface area contributed by atoms with Gasteiger partial charge in [-0.25, -0.2) is 9.59 Å². The molecular formula is C35H36N2O6. The Balaban J connectivity index is 1.19. The van der Waals surface area contributed by atoms with Crippen LogP contribution in [0.5, 0.6) is 11.5 Å². The number of carbonyl (C=O) groups is 3. The number of esters is 1. The number of carbonyl (C=O) groups excluding carboxylic acids is 2. The number of aliphatic carboxylic acids is 1. The molecule has 43 heavy (non-hydrogen) atoms. The van der Waals surface area contributed by atoms with Crippen LogP contribution in [0.2, 0.25) is 0 Å². The number of rotatable bonds is 16.